The zero-order valence-electron chi connectivity index (χ0n) is 12.1. The maximum atomic E-state index is 12.5. The van der Waals surface area contributed by atoms with E-state index >= 15 is 0 Å². The number of piperazine rings is 1. The van der Waals surface area contributed by atoms with E-state index in [0.717, 1.165) is 4.31 Å². The summed E-state index contributed by atoms with van der Waals surface area (Å²) in [5.41, 5.74) is 0. The molecule has 0 spiro atoms. The zero-order chi connectivity index (χ0) is 16.3. The average Bonchev–Trinajstić information content (AvgIpc) is 2.50. The summed E-state index contributed by atoms with van der Waals surface area (Å²) in [6, 6.07) is 4.21. The van der Waals surface area contributed by atoms with Crippen molar-refractivity contribution in [3.63, 3.8) is 0 Å². The van der Waals surface area contributed by atoms with Gasteiger partial charge in [-0.15, -0.1) is 0 Å². The lowest BCUT2D eigenvalue weighted by Crippen LogP contribution is -2.49. The van der Waals surface area contributed by atoms with Gasteiger partial charge < -0.3 is 10.2 Å². The van der Waals surface area contributed by atoms with E-state index in [1.54, 1.807) is 4.90 Å². The summed E-state index contributed by atoms with van der Waals surface area (Å²) >= 11 is 11.8. The highest BCUT2D eigenvalue weighted by Gasteiger charge is 2.27. The second-order valence-electron chi connectivity index (χ2n) is 4.97. The maximum Gasteiger partial charge on any atom is 0.244 e. The number of amides is 1. The molecular weight excluding hydrogens is 349 g/mol. The highest BCUT2D eigenvalue weighted by atomic mass is 35.5. The van der Waals surface area contributed by atoms with Crippen LogP contribution < -0.4 is 5.32 Å². The van der Waals surface area contributed by atoms with Gasteiger partial charge in [-0.05, 0) is 18.2 Å². The van der Waals surface area contributed by atoms with Crippen LogP contribution >= 0.6 is 23.2 Å². The van der Waals surface area contributed by atoms with Gasteiger partial charge in [0.2, 0.25) is 15.9 Å². The third-order valence-corrected chi connectivity index (χ3v) is 5.93. The van der Waals surface area contributed by atoms with Crippen LogP contribution in [0.4, 0.5) is 0 Å². The van der Waals surface area contributed by atoms with E-state index in [1.165, 1.54) is 25.2 Å². The fraction of sp³-hybridized carbons (Fsp3) is 0.462. The Morgan fingerprint density at radius 1 is 1.32 bits per heavy atom. The predicted molar refractivity (Wildman–Crippen MR) is 85.7 cm³/mol. The molecule has 1 saturated heterocycles. The monoisotopic (exact) mass is 365 g/mol. The van der Waals surface area contributed by atoms with E-state index in [0.29, 0.717) is 26.2 Å². The van der Waals surface area contributed by atoms with Gasteiger partial charge in [0.15, 0.2) is 0 Å². The van der Waals surface area contributed by atoms with Crippen LogP contribution in [0.5, 0.6) is 0 Å². The number of hydrogen-bond donors (Lipinski definition) is 1. The Balaban J connectivity index is 2.15. The van der Waals surface area contributed by atoms with Crippen LogP contribution in [0.2, 0.25) is 10.0 Å². The molecule has 2 rings (SSSR count). The van der Waals surface area contributed by atoms with Crippen molar-refractivity contribution >= 4 is 39.1 Å². The first-order valence-corrected chi connectivity index (χ1v) is 8.92. The van der Waals surface area contributed by atoms with Crippen LogP contribution in [-0.2, 0) is 14.8 Å². The van der Waals surface area contributed by atoms with Crippen molar-refractivity contribution in [1.29, 1.82) is 0 Å². The van der Waals surface area contributed by atoms with Crippen molar-refractivity contribution in [3.8, 4) is 0 Å². The first kappa shape index (κ1) is 17.5. The van der Waals surface area contributed by atoms with Crippen LogP contribution in [0.1, 0.15) is 0 Å². The minimum Gasteiger partial charge on any atom is -0.339 e. The van der Waals surface area contributed by atoms with Crippen LogP contribution in [0.15, 0.2) is 23.1 Å². The van der Waals surface area contributed by atoms with E-state index in [9.17, 15) is 13.2 Å². The molecule has 0 aliphatic carbocycles. The van der Waals surface area contributed by atoms with E-state index in [-0.39, 0.29) is 27.4 Å². The molecule has 1 fully saturated rings. The summed E-state index contributed by atoms with van der Waals surface area (Å²) in [6.07, 6.45) is 0. The lowest BCUT2D eigenvalue weighted by molar-refractivity contribution is -0.131. The van der Waals surface area contributed by atoms with Crippen LogP contribution in [0.25, 0.3) is 0 Å². The van der Waals surface area contributed by atoms with Crippen LogP contribution in [-0.4, -0.2) is 63.3 Å². The summed E-state index contributed by atoms with van der Waals surface area (Å²) < 4.78 is 26.0. The van der Waals surface area contributed by atoms with E-state index in [2.05, 4.69) is 5.32 Å². The Hall–Kier alpha value is -0.860. The third-order valence-electron chi connectivity index (χ3n) is 3.41. The van der Waals surface area contributed by atoms with Crippen molar-refractivity contribution in [2.24, 2.45) is 0 Å². The number of hydrogen-bond acceptors (Lipinski definition) is 4. The minimum atomic E-state index is -3.87. The number of halogens is 2. The van der Waals surface area contributed by atoms with Gasteiger partial charge >= 0.3 is 0 Å². The molecule has 9 heteroatoms. The standard InChI is InChI=1S/C13H17Cl2N3O3S/c1-17(9-13(19)18-6-4-16-5-7-18)22(20,21)12-8-10(14)2-3-11(12)15/h2-3,8,16H,4-7,9H2,1H3. The largest absolute Gasteiger partial charge is 0.339 e. The second-order valence-corrected chi connectivity index (χ2v) is 7.82. The number of likely N-dealkylation sites (N-methyl/N-ethyl adjacent to an activating group) is 1. The molecule has 1 aromatic rings. The van der Waals surface area contributed by atoms with Gasteiger partial charge in [0, 0.05) is 38.2 Å². The first-order valence-electron chi connectivity index (χ1n) is 6.72. The Morgan fingerprint density at radius 2 is 1.95 bits per heavy atom. The molecule has 0 radical (unpaired) electrons. The summed E-state index contributed by atoms with van der Waals surface area (Å²) in [6.45, 7) is 2.34. The molecule has 1 aromatic carbocycles. The molecule has 6 nitrogen and oxygen atoms in total. The predicted octanol–water partition coefficient (Wildman–Crippen LogP) is 1.05. The van der Waals surface area contributed by atoms with Crippen molar-refractivity contribution in [1.82, 2.24) is 14.5 Å². The molecule has 0 aromatic heterocycles. The Morgan fingerprint density at radius 3 is 2.59 bits per heavy atom. The van der Waals surface area contributed by atoms with Crippen molar-refractivity contribution in [2.45, 2.75) is 4.90 Å². The van der Waals surface area contributed by atoms with Gasteiger partial charge in [-0.25, -0.2) is 8.42 Å². The molecule has 1 heterocycles. The number of nitrogens with zero attached hydrogens (tertiary/aromatic N) is 2. The van der Waals surface area contributed by atoms with Gasteiger partial charge in [-0.1, -0.05) is 23.2 Å². The van der Waals surface area contributed by atoms with E-state index in [1.807, 2.05) is 0 Å². The number of nitrogens with one attached hydrogen (secondary N) is 1. The van der Waals surface area contributed by atoms with Crippen LogP contribution in [0, 0.1) is 0 Å². The van der Waals surface area contributed by atoms with E-state index in [4.69, 9.17) is 23.2 Å². The third kappa shape index (κ3) is 3.91. The summed E-state index contributed by atoms with van der Waals surface area (Å²) in [5, 5.41) is 3.48. The quantitative estimate of drug-likeness (QED) is 0.865. The lowest BCUT2D eigenvalue weighted by Gasteiger charge is -2.29. The molecular formula is C13H17Cl2N3O3S. The zero-order valence-corrected chi connectivity index (χ0v) is 14.4. The number of carbonyl (C=O) groups is 1. The molecule has 0 bridgehead atoms. The first-order chi connectivity index (χ1) is 10.3. The van der Waals surface area contributed by atoms with Gasteiger partial charge in [0.1, 0.15) is 4.90 Å². The van der Waals surface area contributed by atoms with Gasteiger partial charge in [0.25, 0.3) is 0 Å². The fourth-order valence-corrected chi connectivity index (χ4v) is 3.99. The molecule has 0 unspecified atom stereocenters. The summed E-state index contributed by atoms with van der Waals surface area (Å²) in [5.74, 6) is -0.231. The normalized spacial score (nSPS) is 16.1. The summed E-state index contributed by atoms with van der Waals surface area (Å²) in [7, 11) is -2.52. The van der Waals surface area contributed by atoms with E-state index < -0.39 is 10.0 Å². The van der Waals surface area contributed by atoms with Crippen molar-refractivity contribution < 1.29 is 13.2 Å². The number of rotatable bonds is 4. The lowest BCUT2D eigenvalue weighted by atomic mass is 10.3. The van der Waals surface area contributed by atoms with Crippen molar-refractivity contribution in [3.05, 3.63) is 28.2 Å². The highest BCUT2D eigenvalue weighted by molar-refractivity contribution is 7.89. The number of sulfonamides is 1. The average molecular weight is 366 g/mol. The Kier molecular flexibility index (Phi) is 5.68. The Labute approximate surface area is 140 Å². The van der Waals surface area contributed by atoms with Gasteiger partial charge in [-0.2, -0.15) is 4.31 Å². The molecule has 1 amide bonds. The minimum absolute atomic E-state index is 0.0749. The number of benzene rings is 1. The maximum absolute atomic E-state index is 12.5. The smallest absolute Gasteiger partial charge is 0.244 e. The molecule has 22 heavy (non-hydrogen) atoms. The van der Waals surface area contributed by atoms with Crippen LogP contribution in [0.3, 0.4) is 0 Å². The van der Waals surface area contributed by atoms with Gasteiger partial charge in [-0.3, -0.25) is 4.79 Å². The molecule has 122 valence electrons. The molecule has 0 saturated carbocycles. The summed E-state index contributed by atoms with van der Waals surface area (Å²) in [4.78, 5) is 13.7. The molecule has 1 aliphatic rings. The number of carbonyl (C=O) groups excluding carboxylic acids is 1. The fourth-order valence-electron chi connectivity index (χ4n) is 2.13. The topological polar surface area (TPSA) is 69.7 Å². The highest BCUT2D eigenvalue weighted by Crippen LogP contribution is 2.27. The SMILES string of the molecule is CN(CC(=O)N1CCNCC1)S(=O)(=O)c1cc(Cl)ccc1Cl. The van der Waals surface area contributed by atoms with Gasteiger partial charge in [0.05, 0.1) is 11.6 Å². The molecule has 0 atom stereocenters. The molecule has 1 N–H and O–H groups in total. The second kappa shape index (κ2) is 7.14. The van der Waals surface area contributed by atoms with Crippen molar-refractivity contribution in [2.75, 3.05) is 39.8 Å². The Bertz CT molecular complexity index is 660. The molecule has 1 aliphatic heterocycles.